The quantitative estimate of drug-likeness (QED) is 0.335. The lowest BCUT2D eigenvalue weighted by Gasteiger charge is -2.27. The maximum atomic E-state index is 13.4. The van der Waals surface area contributed by atoms with Gasteiger partial charge in [-0.15, -0.1) is 0 Å². The zero-order chi connectivity index (χ0) is 21.0. The fourth-order valence-corrected chi connectivity index (χ4v) is 5.29. The minimum atomic E-state index is -0.769. The van der Waals surface area contributed by atoms with Gasteiger partial charge in [-0.05, 0) is 25.5 Å². The van der Waals surface area contributed by atoms with Gasteiger partial charge in [0.15, 0.2) is 5.78 Å². The second-order valence-corrected chi connectivity index (χ2v) is 7.96. The summed E-state index contributed by atoms with van der Waals surface area (Å²) >= 11 is 0. The molecular formula is C22H19N3O5. The van der Waals surface area contributed by atoms with E-state index in [1.54, 1.807) is 24.3 Å². The molecule has 0 bridgehead atoms. The van der Waals surface area contributed by atoms with Crippen LogP contribution >= 0.6 is 0 Å². The minimum absolute atomic E-state index is 0.156. The van der Waals surface area contributed by atoms with Crippen LogP contribution in [0, 0.1) is 22.0 Å². The Kier molecular flexibility index (Phi) is 4.25. The van der Waals surface area contributed by atoms with Crippen LogP contribution in [0.4, 0.5) is 11.4 Å². The molecule has 0 aromatic heterocycles. The Labute approximate surface area is 172 Å². The summed E-state index contributed by atoms with van der Waals surface area (Å²) < 4.78 is 0. The molecule has 8 nitrogen and oxygen atoms in total. The first kappa shape index (κ1) is 18.6. The summed E-state index contributed by atoms with van der Waals surface area (Å²) in [5, 5.41) is 11.1. The van der Waals surface area contributed by atoms with Crippen molar-refractivity contribution < 1.29 is 19.3 Å². The van der Waals surface area contributed by atoms with Crippen LogP contribution in [0.15, 0.2) is 54.6 Å². The number of Topliss-reactive ketones (excluding diaryl/α,β-unsaturated/α-hetero) is 1. The molecule has 8 heteroatoms. The van der Waals surface area contributed by atoms with Gasteiger partial charge in [0.05, 0.1) is 28.5 Å². The van der Waals surface area contributed by atoms with E-state index in [9.17, 15) is 24.5 Å². The van der Waals surface area contributed by atoms with Crippen LogP contribution in [-0.4, -0.2) is 46.0 Å². The van der Waals surface area contributed by atoms with Crippen LogP contribution < -0.4 is 4.90 Å². The Hall–Kier alpha value is -3.39. The number of amides is 2. The number of non-ortho nitro benzene ring substituents is 1. The molecule has 2 aromatic carbocycles. The molecule has 152 valence electrons. The standard InChI is InChI=1S/C22H19N3O5/c26-20(13-6-2-1-3-7-13)19-18-17(16-10-5-11-23(16)19)21(27)24(22(18)28)14-8-4-9-15(12-14)25(29)30/h1-4,6-9,12,16-19H,5,10-11H2/t16-,17-,18+,19+/m1/s1. The molecular weight excluding hydrogens is 386 g/mol. The molecule has 0 aliphatic carbocycles. The average molecular weight is 405 g/mol. The summed E-state index contributed by atoms with van der Waals surface area (Å²) in [7, 11) is 0. The number of hydrogen-bond donors (Lipinski definition) is 0. The Morgan fingerprint density at radius 1 is 1.00 bits per heavy atom. The number of anilines is 1. The van der Waals surface area contributed by atoms with E-state index in [2.05, 4.69) is 0 Å². The van der Waals surface area contributed by atoms with Gasteiger partial charge >= 0.3 is 0 Å². The molecule has 0 N–H and O–H groups in total. The number of benzene rings is 2. The highest BCUT2D eigenvalue weighted by Crippen LogP contribution is 2.48. The maximum absolute atomic E-state index is 13.4. The van der Waals surface area contributed by atoms with Gasteiger partial charge in [-0.25, -0.2) is 4.90 Å². The number of nitrogens with zero attached hydrogens (tertiary/aromatic N) is 3. The number of nitro benzene ring substituents is 1. The first-order chi connectivity index (χ1) is 14.5. The van der Waals surface area contributed by atoms with E-state index in [-0.39, 0.29) is 29.1 Å². The van der Waals surface area contributed by atoms with Crippen molar-refractivity contribution in [3.8, 4) is 0 Å². The third kappa shape index (κ3) is 2.60. The minimum Gasteiger partial charge on any atom is -0.292 e. The summed E-state index contributed by atoms with van der Waals surface area (Å²) in [6.07, 6.45) is 1.62. The van der Waals surface area contributed by atoms with Crippen LogP contribution in [0.1, 0.15) is 23.2 Å². The molecule has 0 unspecified atom stereocenters. The molecule has 3 aliphatic heterocycles. The van der Waals surface area contributed by atoms with E-state index in [1.165, 1.54) is 24.3 Å². The van der Waals surface area contributed by atoms with Crippen molar-refractivity contribution in [2.45, 2.75) is 24.9 Å². The van der Waals surface area contributed by atoms with Crippen molar-refractivity contribution in [3.63, 3.8) is 0 Å². The largest absolute Gasteiger partial charge is 0.292 e. The predicted octanol–water partition coefficient (Wildman–Crippen LogP) is 2.43. The normalized spacial score (nSPS) is 27.9. The van der Waals surface area contributed by atoms with Crippen molar-refractivity contribution in [2.75, 3.05) is 11.4 Å². The Bertz CT molecular complexity index is 1070. The van der Waals surface area contributed by atoms with E-state index >= 15 is 0 Å². The molecule has 30 heavy (non-hydrogen) atoms. The Morgan fingerprint density at radius 2 is 1.73 bits per heavy atom. The molecule has 3 aliphatic rings. The van der Waals surface area contributed by atoms with E-state index in [0.717, 1.165) is 17.7 Å². The molecule has 4 atom stereocenters. The Balaban J connectivity index is 1.55. The predicted molar refractivity (Wildman–Crippen MR) is 107 cm³/mol. The number of hydrogen-bond acceptors (Lipinski definition) is 6. The van der Waals surface area contributed by atoms with Gasteiger partial charge in [-0.1, -0.05) is 36.4 Å². The molecule has 0 spiro atoms. The fraction of sp³-hybridized carbons (Fsp3) is 0.318. The number of carbonyl (C=O) groups excluding carboxylic acids is 3. The number of imide groups is 1. The number of ketones is 1. The van der Waals surface area contributed by atoms with E-state index in [1.807, 2.05) is 11.0 Å². The van der Waals surface area contributed by atoms with Crippen molar-refractivity contribution in [1.82, 2.24) is 4.90 Å². The Morgan fingerprint density at radius 3 is 2.47 bits per heavy atom. The SMILES string of the molecule is O=C(c1ccccc1)[C@@H]1[C@H]2C(=O)N(c3cccc([N+](=O)[O-])c3)C(=O)[C@@H]2[C@H]2CCCN21. The van der Waals surface area contributed by atoms with Gasteiger partial charge in [-0.3, -0.25) is 29.4 Å². The van der Waals surface area contributed by atoms with Crippen molar-refractivity contribution in [2.24, 2.45) is 11.8 Å². The molecule has 3 heterocycles. The van der Waals surface area contributed by atoms with Crippen molar-refractivity contribution in [3.05, 3.63) is 70.3 Å². The van der Waals surface area contributed by atoms with Crippen LogP contribution in [0.2, 0.25) is 0 Å². The lowest BCUT2D eigenvalue weighted by molar-refractivity contribution is -0.384. The number of rotatable bonds is 4. The zero-order valence-corrected chi connectivity index (χ0v) is 16.0. The molecule has 5 rings (SSSR count). The summed E-state index contributed by atoms with van der Waals surface area (Å²) in [5.74, 6) is -2.34. The van der Waals surface area contributed by atoms with Gasteiger partial charge in [-0.2, -0.15) is 0 Å². The molecule has 3 fully saturated rings. The van der Waals surface area contributed by atoms with Gasteiger partial charge in [0.1, 0.15) is 0 Å². The van der Waals surface area contributed by atoms with Gasteiger partial charge in [0.2, 0.25) is 11.8 Å². The van der Waals surface area contributed by atoms with E-state index < -0.39 is 28.7 Å². The first-order valence-electron chi connectivity index (χ1n) is 9.96. The topological polar surface area (TPSA) is 101 Å². The summed E-state index contributed by atoms with van der Waals surface area (Å²) in [4.78, 5) is 53.7. The monoisotopic (exact) mass is 405 g/mol. The zero-order valence-electron chi connectivity index (χ0n) is 16.0. The van der Waals surface area contributed by atoms with Gasteiger partial charge in [0.25, 0.3) is 5.69 Å². The lowest BCUT2D eigenvalue weighted by Crippen LogP contribution is -2.46. The number of carbonyl (C=O) groups is 3. The lowest BCUT2D eigenvalue weighted by atomic mass is 9.85. The van der Waals surface area contributed by atoms with E-state index in [0.29, 0.717) is 12.1 Å². The summed E-state index contributed by atoms with van der Waals surface area (Å²) in [6, 6.07) is 13.5. The smallest absolute Gasteiger partial charge is 0.271 e. The van der Waals surface area contributed by atoms with Crippen LogP contribution in [0.25, 0.3) is 0 Å². The summed E-state index contributed by atoms with van der Waals surface area (Å²) in [5.41, 5.74) is 0.511. The second-order valence-electron chi connectivity index (χ2n) is 7.96. The van der Waals surface area contributed by atoms with Crippen molar-refractivity contribution >= 4 is 29.0 Å². The number of fused-ring (bicyclic) bond motifs is 3. The fourth-order valence-electron chi connectivity index (χ4n) is 5.29. The third-order valence-corrected chi connectivity index (χ3v) is 6.48. The first-order valence-corrected chi connectivity index (χ1v) is 9.96. The number of nitro groups is 1. The van der Waals surface area contributed by atoms with Gasteiger partial charge < -0.3 is 0 Å². The maximum Gasteiger partial charge on any atom is 0.271 e. The van der Waals surface area contributed by atoms with Gasteiger partial charge in [0, 0.05) is 23.7 Å². The van der Waals surface area contributed by atoms with Crippen LogP contribution in [-0.2, 0) is 9.59 Å². The van der Waals surface area contributed by atoms with Crippen LogP contribution in [0.5, 0.6) is 0 Å². The van der Waals surface area contributed by atoms with Crippen molar-refractivity contribution in [1.29, 1.82) is 0 Å². The molecule has 0 radical (unpaired) electrons. The summed E-state index contributed by atoms with van der Waals surface area (Å²) in [6.45, 7) is 0.679. The third-order valence-electron chi connectivity index (χ3n) is 6.48. The van der Waals surface area contributed by atoms with Crippen LogP contribution in [0.3, 0.4) is 0 Å². The molecule has 3 saturated heterocycles. The molecule has 2 aromatic rings. The average Bonchev–Trinajstić information content (AvgIpc) is 3.40. The highest BCUT2D eigenvalue weighted by molar-refractivity contribution is 6.24. The van der Waals surface area contributed by atoms with E-state index in [4.69, 9.17) is 0 Å². The molecule has 0 saturated carbocycles. The highest BCUT2D eigenvalue weighted by Gasteiger charge is 2.64. The second kappa shape index (κ2) is 6.84. The highest BCUT2D eigenvalue weighted by atomic mass is 16.6. The molecule has 2 amide bonds.